The van der Waals surface area contributed by atoms with Gasteiger partial charge in [0, 0.05) is 25.3 Å². The first-order valence-electron chi connectivity index (χ1n) is 13.4. The molecule has 41 heavy (non-hydrogen) atoms. The van der Waals surface area contributed by atoms with Crippen LogP contribution >= 0.6 is 0 Å². The minimum absolute atomic E-state index is 0.151. The average molecular weight is 583 g/mol. The van der Waals surface area contributed by atoms with E-state index in [2.05, 4.69) is 33.9 Å². The van der Waals surface area contributed by atoms with Gasteiger partial charge in [-0.25, -0.2) is 4.68 Å². The number of ether oxygens (including phenoxy) is 1. The molecule has 0 saturated carbocycles. The second kappa shape index (κ2) is 12.5. The Kier molecular flexibility index (Phi) is 9.31. The fourth-order valence-electron chi connectivity index (χ4n) is 4.95. The van der Waals surface area contributed by atoms with Gasteiger partial charge in [-0.15, -0.1) is 13.2 Å². The summed E-state index contributed by atoms with van der Waals surface area (Å²) in [5, 5.41) is 7.51. The van der Waals surface area contributed by atoms with Crippen molar-refractivity contribution in [3.63, 3.8) is 0 Å². The van der Waals surface area contributed by atoms with Crippen LogP contribution in [0, 0.1) is 11.8 Å². The SMILES string of the molecule is CC(C)Cc1cc(C(=O)NC[C@H]2CCN(CCc3ccc(OC(F)(F)F)c(C(F)(F)F)c3)C2)nn1-c1ccccc1. The number of nitrogens with zero attached hydrogens (tertiary/aromatic N) is 3. The molecule has 1 saturated heterocycles. The molecule has 4 rings (SSSR count). The summed E-state index contributed by atoms with van der Waals surface area (Å²) in [7, 11) is 0. The molecule has 0 unspecified atom stereocenters. The van der Waals surface area contributed by atoms with Crippen molar-refractivity contribution in [1.29, 1.82) is 0 Å². The van der Waals surface area contributed by atoms with E-state index in [1.165, 1.54) is 6.07 Å². The minimum atomic E-state index is -5.22. The van der Waals surface area contributed by atoms with Crippen molar-refractivity contribution in [3.8, 4) is 11.4 Å². The maximum Gasteiger partial charge on any atom is 0.573 e. The zero-order valence-electron chi connectivity index (χ0n) is 22.7. The molecule has 1 N–H and O–H groups in total. The zero-order valence-corrected chi connectivity index (χ0v) is 22.7. The van der Waals surface area contributed by atoms with Crippen molar-refractivity contribution in [2.24, 2.45) is 11.8 Å². The number of nitrogens with one attached hydrogen (secondary N) is 1. The number of amides is 1. The molecule has 1 aromatic heterocycles. The van der Waals surface area contributed by atoms with E-state index in [0.29, 0.717) is 49.9 Å². The smallest absolute Gasteiger partial charge is 0.405 e. The van der Waals surface area contributed by atoms with Crippen LogP contribution in [0.1, 0.15) is 47.6 Å². The zero-order chi connectivity index (χ0) is 29.8. The van der Waals surface area contributed by atoms with Gasteiger partial charge in [0.15, 0.2) is 5.69 Å². The number of para-hydroxylation sites is 1. The second-order valence-electron chi connectivity index (χ2n) is 10.7. The quantitative estimate of drug-likeness (QED) is 0.286. The maximum atomic E-state index is 13.3. The second-order valence-corrected chi connectivity index (χ2v) is 10.7. The molecule has 1 aliphatic rings. The molecule has 3 aromatic rings. The summed E-state index contributed by atoms with van der Waals surface area (Å²) >= 11 is 0. The largest absolute Gasteiger partial charge is 0.573 e. The summed E-state index contributed by atoms with van der Waals surface area (Å²) in [6.07, 6.45) is -8.43. The standard InChI is InChI=1S/C29H32F6N4O2/c1-19(2)14-23-16-25(37-39(23)22-6-4-3-5-7-22)27(40)36-17-21-11-13-38(18-21)12-10-20-8-9-26(41-29(33,34)35)24(15-20)28(30,31)32/h3-9,15-16,19,21H,10-14,17-18H2,1-2H3,(H,36,40)/t21-/m1/s1. The number of alkyl halides is 6. The molecule has 0 radical (unpaired) electrons. The Hall–Kier alpha value is -3.54. The van der Waals surface area contributed by atoms with Crippen LogP contribution in [0.5, 0.6) is 5.75 Å². The van der Waals surface area contributed by atoms with Crippen molar-refractivity contribution in [3.05, 3.63) is 77.1 Å². The van der Waals surface area contributed by atoms with Crippen LogP contribution in [-0.2, 0) is 19.0 Å². The Balaban J connectivity index is 1.31. The topological polar surface area (TPSA) is 59.4 Å². The Morgan fingerprint density at radius 2 is 1.80 bits per heavy atom. The maximum absolute atomic E-state index is 13.3. The third-order valence-electron chi connectivity index (χ3n) is 6.85. The lowest BCUT2D eigenvalue weighted by molar-refractivity contribution is -0.276. The lowest BCUT2D eigenvalue weighted by Gasteiger charge is -2.18. The molecule has 6 nitrogen and oxygen atoms in total. The van der Waals surface area contributed by atoms with E-state index >= 15 is 0 Å². The third kappa shape index (κ3) is 8.48. The first-order valence-corrected chi connectivity index (χ1v) is 13.4. The molecule has 0 aliphatic carbocycles. The molecule has 1 aliphatic heterocycles. The van der Waals surface area contributed by atoms with Crippen LogP contribution < -0.4 is 10.1 Å². The van der Waals surface area contributed by atoms with Crippen molar-refractivity contribution in [2.75, 3.05) is 26.2 Å². The fourth-order valence-corrected chi connectivity index (χ4v) is 4.95. The molecular formula is C29H32F6N4O2. The molecule has 0 spiro atoms. The number of carbonyl (C=O) groups is 1. The Morgan fingerprint density at radius 3 is 2.46 bits per heavy atom. The Morgan fingerprint density at radius 1 is 1.07 bits per heavy atom. The Labute approximate surface area is 234 Å². The fraction of sp³-hybridized carbons (Fsp3) is 0.448. The average Bonchev–Trinajstić information content (AvgIpc) is 3.52. The van der Waals surface area contributed by atoms with Crippen LogP contribution in [-0.4, -0.2) is 53.1 Å². The predicted molar refractivity (Wildman–Crippen MR) is 141 cm³/mol. The van der Waals surface area contributed by atoms with E-state index in [0.717, 1.165) is 24.2 Å². The van der Waals surface area contributed by atoms with E-state index in [4.69, 9.17) is 0 Å². The summed E-state index contributed by atoms with van der Waals surface area (Å²) < 4.78 is 82.9. The highest BCUT2D eigenvalue weighted by atomic mass is 19.4. The molecule has 0 bridgehead atoms. The van der Waals surface area contributed by atoms with Gasteiger partial charge >= 0.3 is 12.5 Å². The highest BCUT2D eigenvalue weighted by Crippen LogP contribution is 2.39. The van der Waals surface area contributed by atoms with E-state index in [9.17, 15) is 31.1 Å². The normalized spacial score (nSPS) is 16.4. The molecule has 12 heteroatoms. The first kappa shape index (κ1) is 30.4. The third-order valence-corrected chi connectivity index (χ3v) is 6.85. The van der Waals surface area contributed by atoms with Crippen molar-refractivity contribution < 1.29 is 35.9 Å². The van der Waals surface area contributed by atoms with Gasteiger partial charge in [-0.1, -0.05) is 38.1 Å². The summed E-state index contributed by atoms with van der Waals surface area (Å²) in [6.45, 7) is 6.39. The number of benzene rings is 2. The number of halogens is 6. The van der Waals surface area contributed by atoms with Gasteiger partial charge in [0.1, 0.15) is 5.75 Å². The van der Waals surface area contributed by atoms with E-state index in [1.54, 1.807) is 4.68 Å². The number of hydrogen-bond acceptors (Lipinski definition) is 4. The number of likely N-dealkylation sites (tertiary alicyclic amines) is 1. The summed E-state index contributed by atoms with van der Waals surface area (Å²) in [6, 6.07) is 14.0. The summed E-state index contributed by atoms with van der Waals surface area (Å²) in [5.74, 6) is -1.01. The van der Waals surface area contributed by atoms with Crippen LogP contribution in [0.15, 0.2) is 54.6 Å². The molecular weight excluding hydrogens is 550 g/mol. The van der Waals surface area contributed by atoms with E-state index in [-0.39, 0.29) is 23.8 Å². The number of rotatable bonds is 10. The van der Waals surface area contributed by atoms with E-state index < -0.39 is 23.9 Å². The monoisotopic (exact) mass is 582 g/mol. The molecule has 222 valence electrons. The van der Waals surface area contributed by atoms with Crippen LogP contribution in [0.25, 0.3) is 5.69 Å². The van der Waals surface area contributed by atoms with Crippen molar-refractivity contribution in [2.45, 2.75) is 45.6 Å². The lowest BCUT2D eigenvalue weighted by Crippen LogP contribution is -2.31. The van der Waals surface area contributed by atoms with Gasteiger partial charge in [-0.05, 0) is 73.5 Å². The van der Waals surface area contributed by atoms with Gasteiger partial charge in [-0.2, -0.15) is 18.3 Å². The van der Waals surface area contributed by atoms with Crippen molar-refractivity contribution in [1.82, 2.24) is 20.0 Å². The van der Waals surface area contributed by atoms with Crippen LogP contribution in [0.2, 0.25) is 0 Å². The molecule has 2 aromatic carbocycles. The van der Waals surface area contributed by atoms with Gasteiger partial charge < -0.3 is 15.0 Å². The lowest BCUT2D eigenvalue weighted by atomic mass is 10.1. The van der Waals surface area contributed by atoms with Gasteiger partial charge in [0.2, 0.25) is 0 Å². The van der Waals surface area contributed by atoms with Crippen LogP contribution in [0.3, 0.4) is 0 Å². The van der Waals surface area contributed by atoms with Crippen molar-refractivity contribution >= 4 is 5.91 Å². The number of carbonyl (C=O) groups excluding carboxylic acids is 1. The highest BCUT2D eigenvalue weighted by Gasteiger charge is 2.39. The van der Waals surface area contributed by atoms with Crippen LogP contribution in [0.4, 0.5) is 26.3 Å². The molecule has 1 amide bonds. The van der Waals surface area contributed by atoms with Gasteiger partial charge in [-0.3, -0.25) is 4.79 Å². The van der Waals surface area contributed by atoms with E-state index in [1.807, 2.05) is 36.4 Å². The molecule has 1 atom stereocenters. The summed E-state index contributed by atoms with van der Waals surface area (Å²) in [5.41, 5.74) is 0.946. The summed E-state index contributed by atoms with van der Waals surface area (Å²) in [4.78, 5) is 15.0. The minimum Gasteiger partial charge on any atom is -0.405 e. The highest BCUT2D eigenvalue weighted by molar-refractivity contribution is 5.92. The molecule has 1 fully saturated rings. The number of aromatic nitrogens is 2. The molecule has 2 heterocycles. The Bertz CT molecular complexity index is 1320. The first-order chi connectivity index (χ1) is 19.3. The van der Waals surface area contributed by atoms with Gasteiger partial charge in [0.05, 0.1) is 11.3 Å². The predicted octanol–water partition coefficient (Wildman–Crippen LogP) is 6.28. The van der Waals surface area contributed by atoms with Gasteiger partial charge in [0.25, 0.3) is 5.91 Å². The number of hydrogen-bond donors (Lipinski definition) is 1.